The number of rotatable bonds is 4. The molecule has 0 saturated carbocycles. The van der Waals surface area contributed by atoms with Crippen LogP contribution in [0.5, 0.6) is 0 Å². The van der Waals surface area contributed by atoms with Gasteiger partial charge in [-0.3, -0.25) is 19.2 Å². The van der Waals surface area contributed by atoms with Gasteiger partial charge in [0.1, 0.15) is 6.26 Å². The molecule has 4 rings (SSSR count). The molecule has 37 heavy (non-hydrogen) atoms. The van der Waals surface area contributed by atoms with E-state index in [1.807, 2.05) is 34.3 Å². The summed E-state index contributed by atoms with van der Waals surface area (Å²) >= 11 is 3.03. The van der Waals surface area contributed by atoms with Gasteiger partial charge in [0.2, 0.25) is 0 Å². The van der Waals surface area contributed by atoms with Crippen molar-refractivity contribution in [3.8, 4) is 0 Å². The number of carbonyl (C=O) groups excluding carboxylic acids is 4. The van der Waals surface area contributed by atoms with Crippen molar-refractivity contribution in [1.29, 1.82) is 0 Å². The molecule has 0 aliphatic heterocycles. The van der Waals surface area contributed by atoms with Crippen molar-refractivity contribution < 1.29 is 28.0 Å². The lowest BCUT2D eigenvalue weighted by atomic mass is 10.2. The number of hydrogen-bond donors (Lipinski definition) is 0. The van der Waals surface area contributed by atoms with Crippen LogP contribution in [0.3, 0.4) is 0 Å². The molecule has 0 bridgehead atoms. The van der Waals surface area contributed by atoms with Gasteiger partial charge in [0.15, 0.2) is 28.9 Å². The first-order chi connectivity index (χ1) is 15.2. The zero-order valence-electron chi connectivity index (χ0n) is 18.2. The third kappa shape index (κ3) is 18.6. The van der Waals surface area contributed by atoms with Gasteiger partial charge in [-0.2, -0.15) is 11.3 Å². The number of carbonyl (C=O) groups is 4. The highest BCUT2D eigenvalue weighted by Gasteiger charge is 1.98. The fourth-order valence-corrected chi connectivity index (χ4v) is 3.21. The van der Waals surface area contributed by atoms with E-state index in [2.05, 4.69) is 4.42 Å². The Hall–Kier alpha value is -3.36. The third-order valence-corrected chi connectivity index (χ3v) is 5.25. The molecular formula is C29H44O6S2. The molecule has 0 N–H and O–H groups in total. The summed E-state index contributed by atoms with van der Waals surface area (Å²) < 4.78 is 9.40. The molecule has 0 unspecified atom stereocenters. The average Bonchev–Trinajstić information content (AvgIpc) is 3.56. The molecular weight excluding hydrogens is 508 g/mol. The summed E-state index contributed by atoms with van der Waals surface area (Å²) in [6.45, 7) is 6.12. The van der Waals surface area contributed by atoms with Crippen molar-refractivity contribution in [3.05, 3.63) is 93.1 Å². The van der Waals surface area contributed by atoms with E-state index < -0.39 is 0 Å². The first kappa shape index (κ1) is 43.7. The molecule has 8 heteroatoms. The second kappa shape index (κ2) is 24.3. The molecule has 0 saturated heterocycles. The monoisotopic (exact) mass is 552 g/mol. The van der Waals surface area contributed by atoms with E-state index in [0.717, 1.165) is 10.4 Å². The minimum absolute atomic E-state index is 0. The lowest BCUT2D eigenvalue weighted by Crippen LogP contribution is -1.85. The van der Waals surface area contributed by atoms with Gasteiger partial charge in [0.25, 0.3) is 0 Å². The van der Waals surface area contributed by atoms with Crippen molar-refractivity contribution in [2.45, 2.75) is 64.8 Å². The van der Waals surface area contributed by atoms with Crippen LogP contribution in [0.25, 0.3) is 0 Å². The highest BCUT2D eigenvalue weighted by atomic mass is 32.1. The van der Waals surface area contributed by atoms with Crippen LogP contribution in [0.4, 0.5) is 0 Å². The van der Waals surface area contributed by atoms with Crippen molar-refractivity contribution in [2.24, 2.45) is 0 Å². The summed E-state index contributed by atoms with van der Waals surface area (Å²) in [5, 5.41) is 5.65. The normalized spacial score (nSPS) is 7.89. The van der Waals surface area contributed by atoms with E-state index in [4.69, 9.17) is 4.42 Å². The molecule has 6 nitrogen and oxygen atoms in total. The smallest absolute Gasteiger partial charge is 0.194 e. The van der Waals surface area contributed by atoms with Crippen LogP contribution in [-0.4, -0.2) is 23.1 Å². The van der Waals surface area contributed by atoms with Crippen molar-refractivity contribution in [3.63, 3.8) is 0 Å². The van der Waals surface area contributed by atoms with E-state index in [1.165, 1.54) is 44.0 Å². The van der Waals surface area contributed by atoms with Gasteiger partial charge in [-0.15, -0.1) is 11.3 Å². The Bertz CT molecular complexity index is 883. The molecule has 0 aromatic carbocycles. The maximum Gasteiger partial charge on any atom is 0.194 e. The van der Waals surface area contributed by atoms with E-state index in [-0.39, 0.29) is 60.3 Å². The Morgan fingerprint density at radius 2 is 1.27 bits per heavy atom. The second-order valence-corrected chi connectivity index (χ2v) is 7.93. The Balaban J connectivity index is -0.000000118. The predicted octanol–water partition coefficient (Wildman–Crippen LogP) is 10.0. The van der Waals surface area contributed by atoms with Crippen LogP contribution >= 0.6 is 22.7 Å². The number of Topliss-reactive ketones (excluding diaryl/α,β-unsaturated/α-hetero) is 4. The molecule has 4 heterocycles. The van der Waals surface area contributed by atoms with E-state index >= 15 is 0 Å². The number of thiophene rings is 2. The van der Waals surface area contributed by atoms with E-state index in [9.17, 15) is 19.2 Å². The lowest BCUT2D eigenvalue weighted by molar-refractivity contribution is 0.0983. The fourth-order valence-electron chi connectivity index (χ4n) is 1.89. The largest absolute Gasteiger partial charge is 0.472 e. The molecule has 4 aromatic heterocycles. The van der Waals surface area contributed by atoms with Gasteiger partial charge in [-0.25, -0.2) is 0 Å². The molecule has 0 fully saturated rings. The molecule has 0 radical (unpaired) electrons. The summed E-state index contributed by atoms with van der Waals surface area (Å²) in [6.07, 6.45) is 4.40. The summed E-state index contributed by atoms with van der Waals surface area (Å²) in [4.78, 5) is 42.7. The minimum Gasteiger partial charge on any atom is -0.472 e. The Labute approximate surface area is 231 Å². The van der Waals surface area contributed by atoms with Gasteiger partial charge >= 0.3 is 0 Å². The molecule has 4 aromatic rings. The van der Waals surface area contributed by atoms with Crippen LogP contribution in [0.15, 0.2) is 80.2 Å². The van der Waals surface area contributed by atoms with E-state index in [0.29, 0.717) is 11.3 Å². The summed E-state index contributed by atoms with van der Waals surface area (Å²) in [7, 11) is 0. The zero-order chi connectivity index (χ0) is 23.9. The minimum atomic E-state index is -0.0324. The first-order valence-corrected chi connectivity index (χ1v) is 11.2. The molecule has 0 aliphatic rings. The SMILES string of the molecule is C.C.C.C.C.CC(=O)c1ccco1.CC(=O)c1cccs1.CC(=O)c1ccoc1.CC(=O)c1ccsc1. The quantitative estimate of drug-likeness (QED) is 0.234. The van der Waals surface area contributed by atoms with Crippen molar-refractivity contribution in [1.82, 2.24) is 0 Å². The highest BCUT2D eigenvalue weighted by molar-refractivity contribution is 7.12. The molecule has 0 amide bonds. The van der Waals surface area contributed by atoms with Crippen molar-refractivity contribution >= 4 is 45.8 Å². The van der Waals surface area contributed by atoms with Gasteiger partial charge in [0.05, 0.1) is 23.0 Å². The molecule has 208 valence electrons. The van der Waals surface area contributed by atoms with Crippen LogP contribution in [0.2, 0.25) is 0 Å². The van der Waals surface area contributed by atoms with Crippen LogP contribution in [0, 0.1) is 0 Å². The van der Waals surface area contributed by atoms with Gasteiger partial charge in [-0.1, -0.05) is 43.2 Å². The van der Waals surface area contributed by atoms with Gasteiger partial charge in [0, 0.05) is 17.9 Å². The maximum atomic E-state index is 10.5. The summed E-state index contributed by atoms with van der Waals surface area (Å²) in [5.41, 5.74) is 1.44. The second-order valence-electron chi connectivity index (χ2n) is 6.20. The number of hydrogen-bond acceptors (Lipinski definition) is 8. The lowest BCUT2D eigenvalue weighted by Gasteiger charge is -1.80. The van der Waals surface area contributed by atoms with Gasteiger partial charge in [-0.05, 0) is 61.9 Å². The molecule has 0 aliphatic carbocycles. The van der Waals surface area contributed by atoms with Gasteiger partial charge < -0.3 is 8.83 Å². The number of furan rings is 2. The number of ketones is 4. The zero-order valence-corrected chi connectivity index (χ0v) is 19.8. The van der Waals surface area contributed by atoms with Crippen LogP contribution < -0.4 is 0 Å². The van der Waals surface area contributed by atoms with Crippen LogP contribution in [-0.2, 0) is 0 Å². The topological polar surface area (TPSA) is 94.6 Å². The Kier molecular flexibility index (Phi) is 28.7. The Morgan fingerprint density at radius 1 is 0.649 bits per heavy atom. The van der Waals surface area contributed by atoms with Crippen molar-refractivity contribution in [2.75, 3.05) is 0 Å². The fraction of sp³-hybridized carbons (Fsp3) is 0.310. The Morgan fingerprint density at radius 3 is 1.49 bits per heavy atom. The van der Waals surface area contributed by atoms with Crippen LogP contribution in [0.1, 0.15) is 106 Å². The first-order valence-electron chi connectivity index (χ1n) is 9.37. The third-order valence-electron chi connectivity index (χ3n) is 3.59. The summed E-state index contributed by atoms with van der Waals surface area (Å²) in [5.74, 6) is 0.727. The standard InChI is InChI=1S/2C6H6O2.2C6H6OS.5CH4/c1-5(7)6-2-3-8-4-6;1-5(7)6-3-2-4-8-6;1-5(7)6-2-3-8-4-6;1-5(7)6-3-2-4-8-6;;;;;/h4*2-4H,1H3;5*1H4. The predicted molar refractivity (Wildman–Crippen MR) is 160 cm³/mol. The summed E-state index contributed by atoms with van der Waals surface area (Å²) in [6, 6.07) is 10.5. The molecule has 0 spiro atoms. The maximum absolute atomic E-state index is 10.5. The highest BCUT2D eigenvalue weighted by Crippen LogP contribution is 2.08. The average molecular weight is 553 g/mol. The molecule has 0 atom stereocenters. The van der Waals surface area contributed by atoms with E-state index in [1.54, 1.807) is 43.4 Å².